The Bertz CT molecular complexity index is 894. The number of benzene rings is 1. The highest BCUT2D eigenvalue weighted by atomic mass is 16.3. The number of hydrogen-bond donors (Lipinski definition) is 3. The number of H-pyrrole nitrogens is 1. The van der Waals surface area contributed by atoms with Crippen LogP contribution in [0.3, 0.4) is 0 Å². The fourth-order valence-corrected chi connectivity index (χ4v) is 3.94. The second-order valence-electron chi connectivity index (χ2n) is 7.22. The summed E-state index contributed by atoms with van der Waals surface area (Å²) < 4.78 is 5.33. The summed E-state index contributed by atoms with van der Waals surface area (Å²) in [7, 11) is 1.79. The van der Waals surface area contributed by atoms with Crippen LogP contribution in [0.1, 0.15) is 37.1 Å². The van der Waals surface area contributed by atoms with Crippen molar-refractivity contribution in [3.8, 4) is 11.6 Å². The largest absolute Gasteiger partial charge is 0.461 e. The minimum Gasteiger partial charge on any atom is -0.461 e. The number of aromatic nitrogens is 3. The smallest absolute Gasteiger partial charge is 0.216 e. The number of aliphatic imine (C=N–C) groups is 1. The summed E-state index contributed by atoms with van der Waals surface area (Å²) in [6.45, 7) is 1.37. The third kappa shape index (κ3) is 3.93. The van der Waals surface area contributed by atoms with Gasteiger partial charge in [-0.3, -0.25) is 10.1 Å². The fourth-order valence-electron chi connectivity index (χ4n) is 3.94. The first-order valence-corrected chi connectivity index (χ1v) is 9.74. The van der Waals surface area contributed by atoms with Gasteiger partial charge < -0.3 is 15.1 Å². The molecule has 7 heteroatoms. The summed E-state index contributed by atoms with van der Waals surface area (Å²) in [5, 5.41) is 14.0. The highest BCUT2D eigenvalue weighted by Crippen LogP contribution is 2.40. The van der Waals surface area contributed by atoms with Crippen molar-refractivity contribution in [1.29, 1.82) is 0 Å². The molecule has 28 heavy (non-hydrogen) atoms. The Balaban J connectivity index is 1.36. The molecular weight excluding hydrogens is 352 g/mol. The van der Waals surface area contributed by atoms with Crippen molar-refractivity contribution < 1.29 is 4.42 Å². The average molecular weight is 378 g/mol. The van der Waals surface area contributed by atoms with E-state index in [1.807, 2.05) is 12.1 Å². The standard InChI is InChI=1S/C21H26N6O/c1-22-20(23-14-18-25-19(27-26-18)17-10-7-13-28-17)24-15-21(11-5-6-12-21)16-8-3-2-4-9-16/h2-4,7-10,13H,5-6,11-12,14-15H2,1H3,(H2,22,23,24)(H,25,26,27). The highest BCUT2D eigenvalue weighted by molar-refractivity contribution is 5.79. The van der Waals surface area contributed by atoms with Crippen molar-refractivity contribution in [3.63, 3.8) is 0 Å². The van der Waals surface area contributed by atoms with Gasteiger partial charge in [0.05, 0.1) is 12.8 Å². The molecule has 2 aromatic heterocycles. The van der Waals surface area contributed by atoms with E-state index in [1.54, 1.807) is 13.3 Å². The van der Waals surface area contributed by atoms with E-state index in [1.165, 1.54) is 31.2 Å². The van der Waals surface area contributed by atoms with Crippen molar-refractivity contribution in [2.75, 3.05) is 13.6 Å². The lowest BCUT2D eigenvalue weighted by atomic mass is 9.79. The van der Waals surface area contributed by atoms with E-state index in [0.29, 0.717) is 18.1 Å². The van der Waals surface area contributed by atoms with Gasteiger partial charge in [0, 0.05) is 19.0 Å². The molecule has 0 aliphatic heterocycles. The predicted molar refractivity (Wildman–Crippen MR) is 109 cm³/mol. The minimum absolute atomic E-state index is 0.178. The van der Waals surface area contributed by atoms with E-state index >= 15 is 0 Å². The van der Waals surface area contributed by atoms with Crippen molar-refractivity contribution >= 4 is 5.96 Å². The maximum Gasteiger partial charge on any atom is 0.216 e. The molecule has 1 saturated carbocycles. The van der Waals surface area contributed by atoms with E-state index in [4.69, 9.17) is 4.42 Å². The van der Waals surface area contributed by atoms with Crippen LogP contribution in [0.5, 0.6) is 0 Å². The molecule has 0 radical (unpaired) electrons. The van der Waals surface area contributed by atoms with Gasteiger partial charge in [-0.1, -0.05) is 43.2 Å². The van der Waals surface area contributed by atoms with Gasteiger partial charge in [-0.2, -0.15) is 0 Å². The lowest BCUT2D eigenvalue weighted by Crippen LogP contribution is -2.44. The number of aromatic amines is 1. The fraction of sp³-hybridized carbons (Fsp3) is 0.381. The van der Waals surface area contributed by atoms with E-state index < -0.39 is 0 Å². The summed E-state index contributed by atoms with van der Waals surface area (Å²) in [5.74, 6) is 2.70. The lowest BCUT2D eigenvalue weighted by molar-refractivity contribution is 0.431. The zero-order valence-corrected chi connectivity index (χ0v) is 16.1. The number of hydrogen-bond acceptors (Lipinski definition) is 4. The van der Waals surface area contributed by atoms with Gasteiger partial charge in [0.1, 0.15) is 5.82 Å². The molecule has 3 aromatic rings. The van der Waals surface area contributed by atoms with Crippen molar-refractivity contribution in [1.82, 2.24) is 25.8 Å². The number of rotatable bonds is 6. The second-order valence-corrected chi connectivity index (χ2v) is 7.22. The van der Waals surface area contributed by atoms with Crippen LogP contribution in [0.15, 0.2) is 58.1 Å². The van der Waals surface area contributed by atoms with Gasteiger partial charge in [0.15, 0.2) is 11.7 Å². The van der Waals surface area contributed by atoms with Crippen molar-refractivity contribution in [2.45, 2.75) is 37.6 Å². The lowest BCUT2D eigenvalue weighted by Gasteiger charge is -2.30. The first-order valence-electron chi connectivity index (χ1n) is 9.74. The van der Waals surface area contributed by atoms with Gasteiger partial charge in [-0.15, -0.1) is 5.10 Å². The number of nitrogens with zero attached hydrogens (tertiary/aromatic N) is 3. The molecule has 0 bridgehead atoms. The van der Waals surface area contributed by atoms with Crippen LogP contribution in [0.25, 0.3) is 11.6 Å². The quantitative estimate of drug-likeness (QED) is 0.452. The van der Waals surface area contributed by atoms with Crippen LogP contribution in [-0.2, 0) is 12.0 Å². The number of nitrogens with one attached hydrogen (secondary N) is 3. The van der Waals surface area contributed by atoms with Crippen LogP contribution in [0, 0.1) is 0 Å². The Labute approximate surface area is 164 Å². The minimum atomic E-state index is 0.178. The average Bonchev–Trinajstić information content (AvgIpc) is 3.50. The summed E-state index contributed by atoms with van der Waals surface area (Å²) in [6, 6.07) is 14.5. The number of furan rings is 1. The molecule has 0 amide bonds. The molecule has 0 unspecified atom stereocenters. The van der Waals surface area contributed by atoms with Gasteiger partial charge in [-0.25, -0.2) is 4.98 Å². The molecule has 3 N–H and O–H groups in total. The third-order valence-electron chi connectivity index (χ3n) is 5.46. The third-order valence-corrected chi connectivity index (χ3v) is 5.46. The maximum absolute atomic E-state index is 5.33. The topological polar surface area (TPSA) is 91.1 Å². The predicted octanol–water partition coefficient (Wildman–Crippen LogP) is 3.24. The van der Waals surface area contributed by atoms with Gasteiger partial charge in [0.25, 0.3) is 0 Å². The van der Waals surface area contributed by atoms with E-state index in [2.05, 4.69) is 61.1 Å². The zero-order chi connectivity index (χ0) is 19.2. The van der Waals surface area contributed by atoms with E-state index in [-0.39, 0.29) is 5.41 Å². The normalized spacial score (nSPS) is 16.2. The van der Waals surface area contributed by atoms with Crippen LogP contribution >= 0.6 is 0 Å². The van der Waals surface area contributed by atoms with Crippen molar-refractivity contribution in [3.05, 3.63) is 60.1 Å². The summed E-state index contributed by atoms with van der Waals surface area (Å²) >= 11 is 0. The molecule has 0 spiro atoms. The van der Waals surface area contributed by atoms with Gasteiger partial charge in [0.2, 0.25) is 5.82 Å². The van der Waals surface area contributed by atoms with Crippen LogP contribution in [0.2, 0.25) is 0 Å². The summed E-state index contributed by atoms with van der Waals surface area (Å²) in [5.41, 5.74) is 1.59. The molecule has 1 aromatic carbocycles. The molecule has 4 rings (SSSR count). The molecular formula is C21H26N6O. The Morgan fingerprint density at radius 2 is 1.96 bits per heavy atom. The Morgan fingerprint density at radius 3 is 2.68 bits per heavy atom. The molecule has 1 fully saturated rings. The van der Waals surface area contributed by atoms with E-state index in [9.17, 15) is 0 Å². The summed E-state index contributed by atoms with van der Waals surface area (Å²) in [4.78, 5) is 8.81. The van der Waals surface area contributed by atoms with Crippen LogP contribution in [-0.4, -0.2) is 34.7 Å². The van der Waals surface area contributed by atoms with E-state index in [0.717, 1.165) is 18.3 Å². The SMILES string of the molecule is CN=C(NCc1nc(-c2ccco2)n[nH]1)NCC1(c2ccccc2)CCCC1. The Hall–Kier alpha value is -3.09. The first-order chi connectivity index (χ1) is 13.8. The molecule has 146 valence electrons. The zero-order valence-electron chi connectivity index (χ0n) is 16.1. The number of guanidine groups is 1. The second kappa shape index (κ2) is 8.29. The van der Waals surface area contributed by atoms with Gasteiger partial charge in [-0.05, 0) is 30.5 Å². The van der Waals surface area contributed by atoms with Crippen LogP contribution in [0.4, 0.5) is 0 Å². The molecule has 1 aliphatic carbocycles. The maximum atomic E-state index is 5.33. The first kappa shape index (κ1) is 18.3. The highest BCUT2D eigenvalue weighted by Gasteiger charge is 2.35. The van der Waals surface area contributed by atoms with Crippen molar-refractivity contribution in [2.24, 2.45) is 4.99 Å². The van der Waals surface area contributed by atoms with Gasteiger partial charge >= 0.3 is 0 Å². The molecule has 2 heterocycles. The summed E-state index contributed by atoms with van der Waals surface area (Å²) in [6.07, 6.45) is 6.57. The Morgan fingerprint density at radius 1 is 1.14 bits per heavy atom. The molecule has 0 saturated heterocycles. The monoisotopic (exact) mass is 378 g/mol. The van der Waals surface area contributed by atoms with Crippen LogP contribution < -0.4 is 10.6 Å². The Kier molecular flexibility index (Phi) is 5.41. The molecule has 1 aliphatic rings. The molecule has 0 atom stereocenters. The molecule has 7 nitrogen and oxygen atoms in total.